The van der Waals surface area contributed by atoms with Crippen molar-refractivity contribution in [2.24, 2.45) is 5.41 Å². The van der Waals surface area contributed by atoms with Crippen LogP contribution in [-0.4, -0.2) is 27.8 Å². The maximum Gasteiger partial charge on any atom is 0.181 e. The van der Waals surface area contributed by atoms with Crippen molar-refractivity contribution in [1.29, 1.82) is 0 Å². The van der Waals surface area contributed by atoms with E-state index in [1.807, 2.05) is 36.4 Å². The first kappa shape index (κ1) is 19.2. The lowest BCUT2D eigenvalue weighted by molar-refractivity contribution is 0.313. The van der Waals surface area contributed by atoms with Crippen molar-refractivity contribution in [3.8, 4) is 5.75 Å². The fourth-order valence-corrected chi connectivity index (χ4v) is 6.33. The summed E-state index contributed by atoms with van der Waals surface area (Å²) in [7, 11) is -1.89. The van der Waals surface area contributed by atoms with Gasteiger partial charge >= 0.3 is 0 Å². The quantitative estimate of drug-likeness (QED) is 0.659. The SMILES string of the molecule is CCC1(CC)CN(c2ccccc2)c2cc(Br)c(OC)cc2S(=O)(=O)C1. The Hall–Kier alpha value is -1.53. The zero-order chi connectivity index (χ0) is 18.9. The van der Waals surface area contributed by atoms with E-state index in [2.05, 4.69) is 34.7 Å². The number of para-hydroxylation sites is 1. The van der Waals surface area contributed by atoms with E-state index in [9.17, 15) is 8.42 Å². The fraction of sp³-hybridized carbons (Fsp3) is 0.400. The van der Waals surface area contributed by atoms with Gasteiger partial charge in [0, 0.05) is 23.7 Å². The molecule has 0 N–H and O–H groups in total. The number of rotatable bonds is 4. The van der Waals surface area contributed by atoms with Gasteiger partial charge in [-0.15, -0.1) is 0 Å². The van der Waals surface area contributed by atoms with Crippen molar-refractivity contribution in [2.75, 3.05) is 24.3 Å². The molecule has 1 aliphatic rings. The average Bonchev–Trinajstić information content (AvgIpc) is 2.74. The van der Waals surface area contributed by atoms with Crippen LogP contribution >= 0.6 is 15.9 Å². The van der Waals surface area contributed by atoms with Crippen molar-refractivity contribution < 1.29 is 13.2 Å². The monoisotopic (exact) mass is 437 g/mol. The van der Waals surface area contributed by atoms with Gasteiger partial charge in [-0.1, -0.05) is 32.0 Å². The maximum atomic E-state index is 13.3. The summed E-state index contributed by atoms with van der Waals surface area (Å²) in [5.41, 5.74) is 1.40. The molecule has 0 saturated heterocycles. The molecule has 0 aromatic heterocycles. The summed E-state index contributed by atoms with van der Waals surface area (Å²) < 4.78 is 32.7. The molecular formula is C20H24BrNO3S. The second kappa shape index (κ2) is 7.24. The van der Waals surface area contributed by atoms with Crippen molar-refractivity contribution >= 4 is 37.1 Å². The third-order valence-electron chi connectivity index (χ3n) is 5.42. The predicted molar refractivity (Wildman–Crippen MR) is 109 cm³/mol. The highest BCUT2D eigenvalue weighted by molar-refractivity contribution is 9.10. The van der Waals surface area contributed by atoms with Crippen molar-refractivity contribution in [2.45, 2.75) is 31.6 Å². The molecule has 3 rings (SSSR count). The number of sulfone groups is 1. The summed E-state index contributed by atoms with van der Waals surface area (Å²) in [5, 5.41) is 0. The van der Waals surface area contributed by atoms with Gasteiger partial charge in [0.15, 0.2) is 9.84 Å². The van der Waals surface area contributed by atoms with E-state index in [1.54, 1.807) is 13.2 Å². The van der Waals surface area contributed by atoms with E-state index < -0.39 is 9.84 Å². The third kappa shape index (κ3) is 3.37. The molecule has 4 nitrogen and oxygen atoms in total. The molecule has 0 spiro atoms. The molecule has 1 heterocycles. The Kier molecular flexibility index (Phi) is 5.35. The third-order valence-corrected chi connectivity index (χ3v) is 8.03. The van der Waals surface area contributed by atoms with Crippen LogP contribution in [0.3, 0.4) is 0 Å². The van der Waals surface area contributed by atoms with E-state index >= 15 is 0 Å². The molecule has 2 aromatic rings. The lowest BCUT2D eigenvalue weighted by Crippen LogP contribution is -2.37. The molecule has 0 fully saturated rings. The van der Waals surface area contributed by atoms with Gasteiger partial charge in [-0.05, 0) is 47.0 Å². The first-order valence-electron chi connectivity index (χ1n) is 8.78. The molecule has 2 aromatic carbocycles. The fourth-order valence-electron chi connectivity index (χ4n) is 3.60. The minimum absolute atomic E-state index is 0.147. The molecule has 6 heteroatoms. The highest BCUT2D eigenvalue weighted by atomic mass is 79.9. The van der Waals surface area contributed by atoms with Crippen LogP contribution in [0.4, 0.5) is 11.4 Å². The highest BCUT2D eigenvalue weighted by Gasteiger charge is 2.41. The molecule has 140 valence electrons. The second-order valence-corrected chi connectivity index (χ2v) is 9.65. The van der Waals surface area contributed by atoms with Gasteiger partial charge < -0.3 is 9.64 Å². The molecule has 0 aliphatic carbocycles. The largest absolute Gasteiger partial charge is 0.496 e. The van der Waals surface area contributed by atoms with E-state index in [4.69, 9.17) is 4.74 Å². The van der Waals surface area contributed by atoms with Crippen LogP contribution in [0.25, 0.3) is 0 Å². The van der Waals surface area contributed by atoms with Gasteiger partial charge in [0.1, 0.15) is 5.75 Å². The first-order chi connectivity index (χ1) is 12.4. The molecule has 0 radical (unpaired) electrons. The summed E-state index contributed by atoms with van der Waals surface area (Å²) in [5.74, 6) is 0.675. The van der Waals surface area contributed by atoms with Crippen LogP contribution in [0.1, 0.15) is 26.7 Å². The van der Waals surface area contributed by atoms with Gasteiger partial charge in [0.05, 0.1) is 27.9 Å². The molecule has 0 saturated carbocycles. The smallest absolute Gasteiger partial charge is 0.181 e. The first-order valence-corrected chi connectivity index (χ1v) is 11.2. The van der Waals surface area contributed by atoms with Gasteiger partial charge in [-0.3, -0.25) is 0 Å². The second-order valence-electron chi connectivity index (χ2n) is 6.84. The minimum Gasteiger partial charge on any atom is -0.496 e. The van der Waals surface area contributed by atoms with Crippen molar-refractivity contribution in [3.63, 3.8) is 0 Å². The molecule has 0 bridgehead atoms. The Labute approximate surface area is 164 Å². The van der Waals surface area contributed by atoms with Crippen molar-refractivity contribution in [1.82, 2.24) is 0 Å². The summed E-state index contributed by atoms with van der Waals surface area (Å²) in [6, 6.07) is 13.5. The Bertz CT molecular complexity index is 893. The van der Waals surface area contributed by atoms with Gasteiger partial charge in [-0.2, -0.15) is 0 Å². The van der Waals surface area contributed by atoms with E-state index in [0.29, 0.717) is 22.9 Å². The Morgan fingerprint density at radius 2 is 1.81 bits per heavy atom. The Balaban J connectivity index is 2.31. The normalized spacial score (nSPS) is 18.1. The van der Waals surface area contributed by atoms with Crippen LogP contribution in [0, 0.1) is 5.41 Å². The molecule has 0 unspecified atom stereocenters. The number of halogens is 1. The number of methoxy groups -OCH3 is 1. The lowest BCUT2D eigenvalue weighted by Gasteiger charge is -2.35. The number of ether oxygens (including phenoxy) is 1. The number of hydrogen-bond donors (Lipinski definition) is 0. The molecule has 26 heavy (non-hydrogen) atoms. The number of fused-ring (bicyclic) bond motifs is 1. The molecule has 0 atom stereocenters. The topological polar surface area (TPSA) is 46.6 Å². The number of anilines is 2. The predicted octanol–water partition coefficient (Wildman–Crippen LogP) is 5.19. The molecular weight excluding hydrogens is 414 g/mol. The highest BCUT2D eigenvalue weighted by Crippen LogP contribution is 2.46. The lowest BCUT2D eigenvalue weighted by atomic mass is 9.83. The maximum absolute atomic E-state index is 13.3. The van der Waals surface area contributed by atoms with E-state index in [1.165, 1.54) is 0 Å². The summed E-state index contributed by atoms with van der Waals surface area (Å²) in [6.45, 7) is 4.82. The Morgan fingerprint density at radius 1 is 1.15 bits per heavy atom. The number of benzene rings is 2. The van der Waals surface area contributed by atoms with Crippen LogP contribution in [0.15, 0.2) is 51.8 Å². The van der Waals surface area contributed by atoms with Crippen LogP contribution in [0.5, 0.6) is 5.75 Å². The number of hydrogen-bond acceptors (Lipinski definition) is 4. The van der Waals surface area contributed by atoms with Gasteiger partial charge in [-0.25, -0.2) is 8.42 Å². The Morgan fingerprint density at radius 3 is 2.38 bits per heavy atom. The molecule has 0 amide bonds. The standard InChI is InChI=1S/C20H24BrNO3S/c1-4-20(5-2)13-22(15-9-7-6-8-10-15)17-11-16(21)18(25-3)12-19(17)26(23,24)14-20/h6-12H,4-5,13-14H2,1-3H3. The molecule has 1 aliphatic heterocycles. The van der Waals surface area contributed by atoms with Crippen LogP contribution in [-0.2, 0) is 9.84 Å². The van der Waals surface area contributed by atoms with Crippen molar-refractivity contribution in [3.05, 3.63) is 46.9 Å². The van der Waals surface area contributed by atoms with Gasteiger partial charge in [0.2, 0.25) is 0 Å². The van der Waals surface area contributed by atoms with E-state index in [0.717, 1.165) is 23.0 Å². The average molecular weight is 438 g/mol. The summed E-state index contributed by atoms with van der Waals surface area (Å²) >= 11 is 3.51. The summed E-state index contributed by atoms with van der Waals surface area (Å²) in [6.07, 6.45) is 1.61. The van der Waals surface area contributed by atoms with E-state index in [-0.39, 0.29) is 11.2 Å². The zero-order valence-electron chi connectivity index (χ0n) is 15.3. The summed E-state index contributed by atoms with van der Waals surface area (Å²) in [4.78, 5) is 2.47. The van der Waals surface area contributed by atoms with Crippen LogP contribution < -0.4 is 9.64 Å². The zero-order valence-corrected chi connectivity index (χ0v) is 17.7. The minimum atomic E-state index is -3.44. The number of nitrogens with zero attached hydrogens (tertiary/aromatic N) is 1. The van der Waals surface area contributed by atoms with Crippen LogP contribution in [0.2, 0.25) is 0 Å². The van der Waals surface area contributed by atoms with Gasteiger partial charge in [0.25, 0.3) is 0 Å².